The van der Waals surface area contributed by atoms with Gasteiger partial charge in [0.15, 0.2) is 0 Å². The van der Waals surface area contributed by atoms with Gasteiger partial charge in [-0.25, -0.2) is 9.78 Å². The molecule has 1 rings (SSSR count). The van der Waals surface area contributed by atoms with Gasteiger partial charge in [-0.05, 0) is 7.05 Å². The number of carboxylic acid groups (broad SMARTS) is 1. The van der Waals surface area contributed by atoms with Crippen molar-refractivity contribution in [3.63, 3.8) is 0 Å². The maximum Gasteiger partial charge on any atom is 0.365 e. The molecule has 0 saturated heterocycles. The summed E-state index contributed by atoms with van der Waals surface area (Å²) in [6.45, 7) is 2.11. The average Bonchev–Trinajstić information content (AvgIpc) is 2.63. The van der Waals surface area contributed by atoms with Gasteiger partial charge in [-0.3, -0.25) is 4.90 Å². The Kier molecular flexibility index (Phi) is 4.67. The monoisotopic (exact) mass is 230 g/mol. The first-order valence-electron chi connectivity index (χ1n) is 4.48. The highest BCUT2D eigenvalue weighted by atomic mass is 32.1. The number of thiazole rings is 1. The third-order valence-corrected chi connectivity index (χ3v) is 2.72. The second kappa shape index (κ2) is 5.79. The number of carbonyl (C=O) groups is 1. The average molecular weight is 230 g/mol. The van der Waals surface area contributed by atoms with Crippen molar-refractivity contribution in [2.75, 3.05) is 27.3 Å². The molecule has 1 aromatic rings. The number of ether oxygens (including phenoxy) is 1. The molecule has 0 bridgehead atoms. The van der Waals surface area contributed by atoms with Crippen molar-refractivity contribution in [2.45, 2.75) is 6.54 Å². The Labute approximate surface area is 92.3 Å². The molecule has 0 saturated carbocycles. The Morgan fingerprint density at radius 2 is 2.47 bits per heavy atom. The molecule has 1 aromatic heterocycles. The number of methoxy groups -OCH3 is 1. The van der Waals surface area contributed by atoms with E-state index < -0.39 is 5.97 Å². The summed E-state index contributed by atoms with van der Waals surface area (Å²) in [6.07, 6.45) is 0. The predicted octanol–water partition coefficient (Wildman–Crippen LogP) is 0.920. The van der Waals surface area contributed by atoms with E-state index in [0.717, 1.165) is 23.6 Å². The molecular formula is C9H14N2O3S. The Bertz CT molecular complexity index is 327. The van der Waals surface area contributed by atoms with Crippen LogP contribution < -0.4 is 0 Å². The molecule has 5 nitrogen and oxygen atoms in total. The summed E-state index contributed by atoms with van der Waals surface area (Å²) in [5.41, 5.74) is 0.788. The number of rotatable bonds is 6. The Hall–Kier alpha value is -0.980. The number of nitrogens with zero attached hydrogens (tertiary/aromatic N) is 2. The standard InChI is InChI=1S/C9H14N2O3S/c1-11(3-4-14-2)5-7-6-15-8(10-7)9(12)13/h6H,3-5H2,1-2H3,(H,12,13). The zero-order valence-electron chi connectivity index (χ0n) is 8.77. The molecule has 84 valence electrons. The van der Waals surface area contributed by atoms with Crippen LogP contribution in [0.3, 0.4) is 0 Å². The van der Waals surface area contributed by atoms with Gasteiger partial charge in [0, 0.05) is 25.6 Å². The molecule has 0 aliphatic rings. The van der Waals surface area contributed by atoms with E-state index in [9.17, 15) is 4.79 Å². The first kappa shape index (κ1) is 12.1. The van der Waals surface area contributed by atoms with E-state index in [0.29, 0.717) is 13.2 Å². The minimum Gasteiger partial charge on any atom is -0.476 e. The summed E-state index contributed by atoms with van der Waals surface area (Å²) >= 11 is 1.15. The number of carboxylic acids is 1. The van der Waals surface area contributed by atoms with Crippen molar-refractivity contribution in [3.05, 3.63) is 16.1 Å². The van der Waals surface area contributed by atoms with Gasteiger partial charge in [0.2, 0.25) is 5.01 Å². The van der Waals surface area contributed by atoms with E-state index in [4.69, 9.17) is 9.84 Å². The van der Waals surface area contributed by atoms with Gasteiger partial charge in [-0.15, -0.1) is 11.3 Å². The molecule has 0 fully saturated rings. The normalized spacial score (nSPS) is 10.9. The summed E-state index contributed by atoms with van der Waals surface area (Å²) in [7, 11) is 3.60. The van der Waals surface area contributed by atoms with E-state index >= 15 is 0 Å². The fraction of sp³-hybridized carbons (Fsp3) is 0.556. The predicted molar refractivity (Wildman–Crippen MR) is 57.3 cm³/mol. The topological polar surface area (TPSA) is 62.7 Å². The molecule has 0 radical (unpaired) electrons. The summed E-state index contributed by atoms with van der Waals surface area (Å²) in [5.74, 6) is -0.967. The number of aromatic nitrogens is 1. The molecule has 0 unspecified atom stereocenters. The van der Waals surface area contributed by atoms with Crippen molar-refractivity contribution in [1.82, 2.24) is 9.88 Å². The summed E-state index contributed by atoms with van der Waals surface area (Å²) in [4.78, 5) is 16.6. The Morgan fingerprint density at radius 3 is 3.00 bits per heavy atom. The van der Waals surface area contributed by atoms with Crippen LogP contribution in [0.2, 0.25) is 0 Å². The van der Waals surface area contributed by atoms with E-state index in [1.165, 1.54) is 0 Å². The molecule has 1 N–H and O–H groups in total. The van der Waals surface area contributed by atoms with Crippen LogP contribution in [-0.4, -0.2) is 48.3 Å². The molecule has 0 amide bonds. The Balaban J connectivity index is 2.46. The third-order valence-electron chi connectivity index (χ3n) is 1.84. The van der Waals surface area contributed by atoms with Gasteiger partial charge in [-0.2, -0.15) is 0 Å². The first-order chi connectivity index (χ1) is 7.13. The molecule has 6 heteroatoms. The van der Waals surface area contributed by atoms with Crippen LogP contribution in [0, 0.1) is 0 Å². The lowest BCUT2D eigenvalue weighted by molar-refractivity contribution is 0.0696. The number of hydrogen-bond donors (Lipinski definition) is 1. The molecule has 0 atom stereocenters. The zero-order valence-corrected chi connectivity index (χ0v) is 9.58. The van der Waals surface area contributed by atoms with Crippen LogP contribution in [-0.2, 0) is 11.3 Å². The SMILES string of the molecule is COCCN(C)Cc1csc(C(=O)O)n1. The highest BCUT2D eigenvalue weighted by Gasteiger charge is 2.09. The van der Waals surface area contributed by atoms with Gasteiger partial charge in [0.1, 0.15) is 0 Å². The number of likely N-dealkylation sites (N-methyl/N-ethyl adjacent to an activating group) is 1. The lowest BCUT2D eigenvalue weighted by Gasteiger charge is -2.13. The maximum absolute atomic E-state index is 10.6. The molecular weight excluding hydrogens is 216 g/mol. The minimum atomic E-state index is -0.967. The van der Waals surface area contributed by atoms with Crippen LogP contribution in [0.15, 0.2) is 5.38 Å². The quantitative estimate of drug-likeness (QED) is 0.787. The molecule has 1 heterocycles. The fourth-order valence-electron chi connectivity index (χ4n) is 1.08. The van der Waals surface area contributed by atoms with Crippen LogP contribution in [0.4, 0.5) is 0 Å². The second-order valence-corrected chi connectivity index (χ2v) is 4.04. The summed E-state index contributed by atoms with van der Waals surface area (Å²) in [6, 6.07) is 0. The van der Waals surface area contributed by atoms with Gasteiger partial charge in [-0.1, -0.05) is 0 Å². The summed E-state index contributed by atoms with van der Waals surface area (Å²) < 4.78 is 4.94. The lowest BCUT2D eigenvalue weighted by Crippen LogP contribution is -2.22. The van der Waals surface area contributed by atoms with Crippen LogP contribution in [0.25, 0.3) is 0 Å². The lowest BCUT2D eigenvalue weighted by atomic mass is 10.4. The fourth-order valence-corrected chi connectivity index (χ4v) is 1.73. The van der Waals surface area contributed by atoms with Crippen molar-refractivity contribution >= 4 is 17.3 Å². The van der Waals surface area contributed by atoms with E-state index in [1.54, 1.807) is 12.5 Å². The Morgan fingerprint density at radius 1 is 1.73 bits per heavy atom. The second-order valence-electron chi connectivity index (χ2n) is 3.18. The maximum atomic E-state index is 10.6. The highest BCUT2D eigenvalue weighted by Crippen LogP contribution is 2.10. The van der Waals surface area contributed by atoms with Gasteiger partial charge < -0.3 is 9.84 Å². The van der Waals surface area contributed by atoms with Crippen LogP contribution in [0.5, 0.6) is 0 Å². The van der Waals surface area contributed by atoms with E-state index in [2.05, 4.69) is 4.98 Å². The van der Waals surface area contributed by atoms with Crippen molar-refractivity contribution in [1.29, 1.82) is 0 Å². The molecule has 0 aliphatic carbocycles. The number of aromatic carboxylic acids is 1. The molecule has 0 aromatic carbocycles. The van der Waals surface area contributed by atoms with Crippen molar-refractivity contribution in [2.24, 2.45) is 0 Å². The van der Waals surface area contributed by atoms with Crippen LogP contribution >= 0.6 is 11.3 Å². The van der Waals surface area contributed by atoms with Crippen molar-refractivity contribution < 1.29 is 14.6 Å². The van der Waals surface area contributed by atoms with Gasteiger partial charge >= 0.3 is 5.97 Å². The van der Waals surface area contributed by atoms with E-state index in [1.807, 2.05) is 11.9 Å². The molecule has 0 spiro atoms. The zero-order chi connectivity index (χ0) is 11.3. The molecule has 0 aliphatic heterocycles. The summed E-state index contributed by atoms with van der Waals surface area (Å²) in [5, 5.41) is 10.6. The van der Waals surface area contributed by atoms with Gasteiger partial charge in [0.05, 0.1) is 12.3 Å². The first-order valence-corrected chi connectivity index (χ1v) is 5.36. The van der Waals surface area contributed by atoms with E-state index in [-0.39, 0.29) is 5.01 Å². The third kappa shape index (κ3) is 3.94. The smallest absolute Gasteiger partial charge is 0.365 e. The van der Waals surface area contributed by atoms with Crippen LogP contribution in [0.1, 0.15) is 15.5 Å². The van der Waals surface area contributed by atoms with Gasteiger partial charge in [0.25, 0.3) is 0 Å². The number of hydrogen-bond acceptors (Lipinski definition) is 5. The minimum absolute atomic E-state index is 0.144. The largest absolute Gasteiger partial charge is 0.476 e. The van der Waals surface area contributed by atoms with Crippen molar-refractivity contribution in [3.8, 4) is 0 Å². The highest BCUT2D eigenvalue weighted by molar-refractivity contribution is 7.11. The molecule has 15 heavy (non-hydrogen) atoms.